The highest BCUT2D eigenvalue weighted by molar-refractivity contribution is 5.81. The molecule has 0 saturated carbocycles. The maximum atomic E-state index is 12.8. The second-order valence-corrected chi connectivity index (χ2v) is 9.05. The molecule has 2 unspecified atom stereocenters. The second-order valence-electron chi connectivity index (χ2n) is 9.05. The van der Waals surface area contributed by atoms with Crippen molar-refractivity contribution in [1.82, 2.24) is 4.90 Å². The molecule has 3 rings (SSSR count). The van der Waals surface area contributed by atoms with E-state index >= 15 is 0 Å². The number of likely N-dealkylation sites (tertiary alicyclic amines) is 1. The van der Waals surface area contributed by atoms with E-state index in [1.54, 1.807) is 0 Å². The Hall–Kier alpha value is -2.33. The van der Waals surface area contributed by atoms with Gasteiger partial charge < -0.3 is 14.7 Å². The summed E-state index contributed by atoms with van der Waals surface area (Å²) in [5, 5.41) is 10.6. The Balaban J connectivity index is 1.52. The summed E-state index contributed by atoms with van der Waals surface area (Å²) in [5.41, 5.74) is 2.28. The van der Waals surface area contributed by atoms with Gasteiger partial charge in [-0.15, -0.1) is 0 Å². The molecule has 2 aromatic carbocycles. The summed E-state index contributed by atoms with van der Waals surface area (Å²) in [4.78, 5) is 14.7. The van der Waals surface area contributed by atoms with Gasteiger partial charge in [-0.2, -0.15) is 0 Å². The minimum Gasteiger partial charge on any atom is -0.481 e. The Morgan fingerprint density at radius 2 is 1.62 bits per heavy atom. The maximum Gasteiger partial charge on any atom is 0.263 e. The molecule has 2 atom stereocenters. The molecule has 1 heterocycles. The highest BCUT2D eigenvalue weighted by Gasteiger charge is 2.30. The van der Waals surface area contributed by atoms with E-state index in [0.717, 1.165) is 18.4 Å². The molecule has 0 aliphatic carbocycles. The van der Waals surface area contributed by atoms with Crippen LogP contribution in [0.4, 0.5) is 0 Å². The van der Waals surface area contributed by atoms with Gasteiger partial charge in [-0.3, -0.25) is 4.79 Å². The molecule has 0 radical (unpaired) electrons. The van der Waals surface area contributed by atoms with Crippen LogP contribution >= 0.6 is 0 Å². The lowest BCUT2D eigenvalue weighted by molar-refractivity contribution is -0.140. The van der Waals surface area contributed by atoms with E-state index in [4.69, 9.17) is 4.74 Å². The number of amides is 1. The lowest BCUT2D eigenvalue weighted by Crippen LogP contribution is -2.45. The Morgan fingerprint density at radius 3 is 2.17 bits per heavy atom. The van der Waals surface area contributed by atoms with Gasteiger partial charge in [0.2, 0.25) is 0 Å². The number of rotatable bonds is 5. The van der Waals surface area contributed by atoms with Crippen LogP contribution in [0, 0.1) is 5.92 Å². The van der Waals surface area contributed by atoms with Crippen molar-refractivity contribution >= 4 is 5.91 Å². The second kappa shape index (κ2) is 9.00. The number of aliphatic hydroxyl groups is 1. The van der Waals surface area contributed by atoms with E-state index in [0.29, 0.717) is 18.8 Å². The number of nitrogens with zero attached hydrogens (tertiary/aromatic N) is 1. The van der Waals surface area contributed by atoms with Gasteiger partial charge >= 0.3 is 0 Å². The normalized spacial score (nSPS) is 17.6. The van der Waals surface area contributed by atoms with Crippen LogP contribution < -0.4 is 4.74 Å². The van der Waals surface area contributed by atoms with Gasteiger partial charge in [0.15, 0.2) is 6.10 Å². The SMILES string of the molecule is CC(Oc1ccc(C(C)(C)C)cc1)C(=O)N1CCC(C(O)c2ccccc2)CC1. The first-order valence-electron chi connectivity index (χ1n) is 10.5. The van der Waals surface area contributed by atoms with Crippen molar-refractivity contribution in [2.75, 3.05) is 13.1 Å². The van der Waals surface area contributed by atoms with Crippen molar-refractivity contribution in [3.63, 3.8) is 0 Å². The number of hydrogen-bond acceptors (Lipinski definition) is 3. The number of ether oxygens (including phenoxy) is 1. The molecule has 1 amide bonds. The zero-order valence-electron chi connectivity index (χ0n) is 18.0. The molecular weight excluding hydrogens is 362 g/mol. The van der Waals surface area contributed by atoms with E-state index in [-0.39, 0.29) is 17.2 Å². The molecule has 4 heteroatoms. The van der Waals surface area contributed by atoms with Gasteiger partial charge in [-0.05, 0) is 54.4 Å². The fourth-order valence-corrected chi connectivity index (χ4v) is 3.90. The van der Waals surface area contributed by atoms with Gasteiger partial charge in [-0.25, -0.2) is 0 Å². The first kappa shape index (κ1) is 21.4. The van der Waals surface area contributed by atoms with Crippen LogP contribution in [0.25, 0.3) is 0 Å². The fraction of sp³-hybridized carbons (Fsp3) is 0.480. The molecule has 0 spiro atoms. The fourth-order valence-electron chi connectivity index (χ4n) is 3.90. The Labute approximate surface area is 174 Å². The quantitative estimate of drug-likeness (QED) is 0.797. The molecule has 1 aliphatic rings. The van der Waals surface area contributed by atoms with Crippen molar-refractivity contribution in [2.24, 2.45) is 5.92 Å². The van der Waals surface area contributed by atoms with Crippen LogP contribution in [0.2, 0.25) is 0 Å². The summed E-state index contributed by atoms with van der Waals surface area (Å²) in [6.45, 7) is 9.65. The van der Waals surface area contributed by atoms with Crippen molar-refractivity contribution in [3.05, 3.63) is 65.7 Å². The third kappa shape index (κ3) is 5.39. The third-order valence-corrected chi connectivity index (χ3v) is 5.82. The molecule has 0 aromatic heterocycles. The number of carbonyl (C=O) groups is 1. The van der Waals surface area contributed by atoms with Crippen molar-refractivity contribution < 1.29 is 14.6 Å². The van der Waals surface area contributed by atoms with Crippen molar-refractivity contribution in [2.45, 2.75) is 58.2 Å². The largest absolute Gasteiger partial charge is 0.481 e. The molecular formula is C25H33NO3. The average Bonchev–Trinajstić information content (AvgIpc) is 2.73. The molecule has 156 valence electrons. The summed E-state index contributed by atoms with van der Waals surface area (Å²) in [7, 11) is 0. The summed E-state index contributed by atoms with van der Waals surface area (Å²) < 4.78 is 5.90. The van der Waals surface area contributed by atoms with E-state index < -0.39 is 12.2 Å². The van der Waals surface area contributed by atoms with Crippen molar-refractivity contribution in [1.29, 1.82) is 0 Å². The van der Waals surface area contributed by atoms with Crippen LogP contribution in [0.15, 0.2) is 54.6 Å². The predicted molar refractivity (Wildman–Crippen MR) is 116 cm³/mol. The first-order valence-corrected chi connectivity index (χ1v) is 10.5. The minimum atomic E-state index is -0.522. The summed E-state index contributed by atoms with van der Waals surface area (Å²) in [6.07, 6.45) is 0.610. The predicted octanol–water partition coefficient (Wildman–Crippen LogP) is 4.72. The van der Waals surface area contributed by atoms with Gasteiger partial charge in [0, 0.05) is 13.1 Å². The van der Waals surface area contributed by atoms with Gasteiger partial charge in [0.1, 0.15) is 5.75 Å². The zero-order valence-corrected chi connectivity index (χ0v) is 18.0. The summed E-state index contributed by atoms with van der Waals surface area (Å²) in [5.74, 6) is 0.911. The first-order chi connectivity index (χ1) is 13.8. The number of piperidine rings is 1. The topological polar surface area (TPSA) is 49.8 Å². The number of benzene rings is 2. The van der Waals surface area contributed by atoms with E-state index in [1.807, 2.05) is 54.3 Å². The molecule has 0 bridgehead atoms. The van der Waals surface area contributed by atoms with Crippen LogP contribution in [0.5, 0.6) is 5.75 Å². The molecule has 1 N–H and O–H groups in total. The smallest absolute Gasteiger partial charge is 0.263 e. The molecule has 1 fully saturated rings. The monoisotopic (exact) mass is 395 g/mol. The van der Waals surface area contributed by atoms with Crippen molar-refractivity contribution in [3.8, 4) is 5.75 Å². The van der Waals surface area contributed by atoms with Crippen LogP contribution in [0.1, 0.15) is 57.8 Å². The summed E-state index contributed by atoms with van der Waals surface area (Å²) >= 11 is 0. The van der Waals surface area contributed by atoms with Crippen LogP contribution in [0.3, 0.4) is 0 Å². The van der Waals surface area contributed by atoms with Gasteiger partial charge in [0.25, 0.3) is 5.91 Å². The van der Waals surface area contributed by atoms with E-state index in [2.05, 4.69) is 32.9 Å². The Morgan fingerprint density at radius 1 is 1.03 bits per heavy atom. The lowest BCUT2D eigenvalue weighted by atomic mass is 9.87. The van der Waals surface area contributed by atoms with E-state index in [1.165, 1.54) is 5.56 Å². The molecule has 1 aliphatic heterocycles. The number of carbonyl (C=O) groups excluding carboxylic acids is 1. The Bertz CT molecular complexity index is 787. The molecule has 29 heavy (non-hydrogen) atoms. The van der Waals surface area contributed by atoms with Gasteiger partial charge in [-0.1, -0.05) is 63.2 Å². The summed E-state index contributed by atoms with van der Waals surface area (Å²) in [6, 6.07) is 17.8. The van der Waals surface area contributed by atoms with Crippen LogP contribution in [-0.2, 0) is 10.2 Å². The van der Waals surface area contributed by atoms with E-state index in [9.17, 15) is 9.90 Å². The standard InChI is InChI=1S/C25H33NO3/c1-18(29-22-12-10-21(11-13-22)25(2,3)4)24(28)26-16-14-20(15-17-26)23(27)19-8-6-5-7-9-19/h5-13,18,20,23,27H,14-17H2,1-4H3. The molecule has 1 saturated heterocycles. The number of aliphatic hydroxyl groups excluding tert-OH is 1. The zero-order chi connectivity index (χ0) is 21.0. The molecule has 2 aromatic rings. The van der Waals surface area contributed by atoms with Gasteiger partial charge in [0.05, 0.1) is 6.10 Å². The highest BCUT2D eigenvalue weighted by Crippen LogP contribution is 2.31. The number of hydrogen-bond donors (Lipinski definition) is 1. The highest BCUT2D eigenvalue weighted by atomic mass is 16.5. The minimum absolute atomic E-state index is 0.0116. The average molecular weight is 396 g/mol. The molecule has 4 nitrogen and oxygen atoms in total. The maximum absolute atomic E-state index is 12.8. The lowest BCUT2D eigenvalue weighted by Gasteiger charge is -2.35. The Kier molecular flexibility index (Phi) is 6.63. The van der Waals surface area contributed by atoms with Crippen LogP contribution in [-0.4, -0.2) is 35.1 Å². The third-order valence-electron chi connectivity index (χ3n) is 5.82.